The fourth-order valence-electron chi connectivity index (χ4n) is 2.86. The van der Waals surface area contributed by atoms with Gasteiger partial charge in [-0.3, -0.25) is 4.72 Å². The summed E-state index contributed by atoms with van der Waals surface area (Å²) in [4.78, 5) is 1.72. The molecule has 0 atom stereocenters. The molecule has 0 fully saturated rings. The summed E-state index contributed by atoms with van der Waals surface area (Å²) in [6.07, 6.45) is 0. The highest BCUT2D eigenvalue weighted by atomic mass is 32.2. The zero-order valence-corrected chi connectivity index (χ0v) is 16.4. The van der Waals surface area contributed by atoms with Gasteiger partial charge in [-0.25, -0.2) is 8.42 Å². The third-order valence-corrected chi connectivity index (χ3v) is 6.62. The molecule has 2 heterocycles. The van der Waals surface area contributed by atoms with Gasteiger partial charge in [0.05, 0.1) is 16.3 Å². The Morgan fingerprint density at radius 3 is 2.20 bits per heavy atom. The van der Waals surface area contributed by atoms with Gasteiger partial charge in [-0.2, -0.15) is 0 Å². The number of benzene rings is 1. The number of nitrogens with one attached hydrogen (secondary N) is 1. The van der Waals surface area contributed by atoms with E-state index in [2.05, 4.69) is 9.88 Å². The van der Waals surface area contributed by atoms with E-state index in [9.17, 15) is 8.42 Å². The number of aryl methyl sites for hydroxylation is 5. The molecule has 0 aliphatic carbocycles. The van der Waals surface area contributed by atoms with Gasteiger partial charge < -0.3 is 4.52 Å². The van der Waals surface area contributed by atoms with Gasteiger partial charge >= 0.3 is 0 Å². The minimum Gasteiger partial charge on any atom is -0.355 e. The fourth-order valence-corrected chi connectivity index (χ4v) is 5.61. The molecule has 25 heavy (non-hydrogen) atoms. The van der Waals surface area contributed by atoms with Crippen LogP contribution in [0.25, 0.3) is 10.6 Å². The van der Waals surface area contributed by atoms with E-state index in [4.69, 9.17) is 4.52 Å². The van der Waals surface area contributed by atoms with Gasteiger partial charge in [-0.05, 0) is 51.8 Å². The Balaban J connectivity index is 2.00. The Morgan fingerprint density at radius 1 is 1.00 bits per heavy atom. The van der Waals surface area contributed by atoms with Crippen LogP contribution < -0.4 is 4.72 Å². The molecule has 0 bridgehead atoms. The SMILES string of the molecule is Cc1cc(C)c(NS(=O)(=O)c2cc(-c3cc(C)no3)sc2C)c(C)c1. The molecule has 0 saturated heterocycles. The van der Waals surface area contributed by atoms with Crippen molar-refractivity contribution < 1.29 is 12.9 Å². The van der Waals surface area contributed by atoms with E-state index < -0.39 is 10.0 Å². The van der Waals surface area contributed by atoms with Gasteiger partial charge in [0.2, 0.25) is 0 Å². The number of aromatic nitrogens is 1. The lowest BCUT2D eigenvalue weighted by Crippen LogP contribution is -2.15. The zero-order valence-electron chi connectivity index (χ0n) is 14.8. The molecule has 0 unspecified atom stereocenters. The molecule has 2 aromatic heterocycles. The molecule has 1 N–H and O–H groups in total. The third-order valence-electron chi connectivity index (χ3n) is 3.95. The summed E-state index contributed by atoms with van der Waals surface area (Å²) in [7, 11) is -3.68. The maximum atomic E-state index is 12.9. The number of hydrogen-bond donors (Lipinski definition) is 1. The van der Waals surface area contributed by atoms with E-state index in [-0.39, 0.29) is 4.90 Å². The highest BCUT2D eigenvalue weighted by molar-refractivity contribution is 7.93. The summed E-state index contributed by atoms with van der Waals surface area (Å²) in [6, 6.07) is 7.37. The standard InChI is InChI=1S/C18H20N2O3S2/c1-10-6-11(2)18(12(3)7-10)20-25(21,22)17-9-16(24-14(17)5)15-8-13(4)19-23-15/h6-9,20H,1-5H3. The maximum absolute atomic E-state index is 12.9. The lowest BCUT2D eigenvalue weighted by molar-refractivity contribution is 0.428. The van der Waals surface area contributed by atoms with Crippen molar-refractivity contribution in [3.63, 3.8) is 0 Å². The maximum Gasteiger partial charge on any atom is 0.263 e. The molecule has 132 valence electrons. The molecular weight excluding hydrogens is 356 g/mol. The lowest BCUT2D eigenvalue weighted by Gasteiger charge is -2.14. The van der Waals surface area contributed by atoms with Crippen molar-refractivity contribution in [3.05, 3.63) is 51.5 Å². The Bertz CT molecular complexity index is 1020. The van der Waals surface area contributed by atoms with Gasteiger partial charge in [0.1, 0.15) is 4.90 Å². The Hall–Kier alpha value is -2.12. The number of thiophene rings is 1. The van der Waals surface area contributed by atoms with E-state index in [1.807, 2.05) is 39.8 Å². The highest BCUT2D eigenvalue weighted by Gasteiger charge is 2.23. The average molecular weight is 377 g/mol. The van der Waals surface area contributed by atoms with Crippen LogP contribution in [0.3, 0.4) is 0 Å². The fraction of sp³-hybridized carbons (Fsp3) is 0.278. The van der Waals surface area contributed by atoms with Crippen LogP contribution in [0.5, 0.6) is 0 Å². The smallest absolute Gasteiger partial charge is 0.263 e. The van der Waals surface area contributed by atoms with Gasteiger partial charge in [0, 0.05) is 10.9 Å². The number of nitrogens with zero attached hydrogens (tertiary/aromatic N) is 1. The largest absolute Gasteiger partial charge is 0.355 e. The molecule has 0 amide bonds. The second-order valence-electron chi connectivity index (χ2n) is 6.24. The topological polar surface area (TPSA) is 72.2 Å². The molecule has 3 aromatic rings. The third kappa shape index (κ3) is 3.48. The van der Waals surface area contributed by atoms with Crippen molar-refractivity contribution in [2.24, 2.45) is 0 Å². The molecule has 3 rings (SSSR count). The van der Waals surface area contributed by atoms with E-state index in [0.717, 1.165) is 27.3 Å². The molecule has 0 saturated carbocycles. The van der Waals surface area contributed by atoms with Crippen LogP contribution >= 0.6 is 11.3 Å². The molecule has 0 radical (unpaired) electrons. The minimum atomic E-state index is -3.68. The Labute approximate surface area is 151 Å². The van der Waals surface area contributed by atoms with Crippen LogP contribution in [0.4, 0.5) is 5.69 Å². The van der Waals surface area contributed by atoms with Crippen molar-refractivity contribution in [1.82, 2.24) is 5.16 Å². The van der Waals surface area contributed by atoms with Gasteiger partial charge in [0.25, 0.3) is 10.0 Å². The van der Waals surface area contributed by atoms with Gasteiger partial charge in [-0.1, -0.05) is 22.9 Å². The second kappa shape index (κ2) is 6.31. The van der Waals surface area contributed by atoms with Crippen LogP contribution in [-0.2, 0) is 10.0 Å². The van der Waals surface area contributed by atoms with Crippen LogP contribution in [-0.4, -0.2) is 13.6 Å². The highest BCUT2D eigenvalue weighted by Crippen LogP contribution is 2.35. The molecule has 0 aliphatic heterocycles. The summed E-state index contributed by atoms with van der Waals surface area (Å²) >= 11 is 1.38. The predicted molar refractivity (Wildman–Crippen MR) is 101 cm³/mol. The van der Waals surface area contributed by atoms with Crippen molar-refractivity contribution in [2.75, 3.05) is 4.72 Å². The van der Waals surface area contributed by atoms with Crippen LogP contribution in [0.1, 0.15) is 27.3 Å². The molecule has 5 nitrogen and oxygen atoms in total. The number of sulfonamides is 1. The normalized spacial score (nSPS) is 11.7. The van der Waals surface area contributed by atoms with E-state index in [1.165, 1.54) is 11.3 Å². The van der Waals surface area contributed by atoms with Crippen molar-refractivity contribution in [1.29, 1.82) is 0 Å². The summed E-state index contributed by atoms with van der Waals surface area (Å²) in [5, 5.41) is 3.86. The summed E-state index contributed by atoms with van der Waals surface area (Å²) in [5.41, 5.74) is 4.30. The monoisotopic (exact) mass is 376 g/mol. The average Bonchev–Trinajstić information content (AvgIpc) is 3.09. The summed E-state index contributed by atoms with van der Waals surface area (Å²) in [6.45, 7) is 9.42. The lowest BCUT2D eigenvalue weighted by atomic mass is 10.1. The van der Waals surface area contributed by atoms with Gasteiger partial charge in [-0.15, -0.1) is 11.3 Å². The molecule has 7 heteroatoms. The molecule has 0 spiro atoms. The van der Waals surface area contributed by atoms with Crippen LogP contribution in [0.15, 0.2) is 33.7 Å². The Kier molecular flexibility index (Phi) is 4.47. The zero-order chi connectivity index (χ0) is 18.4. The molecule has 1 aromatic carbocycles. The number of hydrogen-bond acceptors (Lipinski definition) is 5. The van der Waals surface area contributed by atoms with Crippen LogP contribution in [0, 0.1) is 34.6 Å². The van der Waals surface area contributed by atoms with Crippen molar-refractivity contribution >= 4 is 27.0 Å². The number of anilines is 1. The first-order valence-corrected chi connectivity index (χ1v) is 10.1. The summed E-state index contributed by atoms with van der Waals surface area (Å²) in [5.74, 6) is 0.578. The van der Waals surface area contributed by atoms with E-state index in [0.29, 0.717) is 16.3 Å². The first-order valence-electron chi connectivity index (χ1n) is 7.82. The quantitative estimate of drug-likeness (QED) is 0.713. The first kappa shape index (κ1) is 17.7. The molecule has 0 aliphatic rings. The van der Waals surface area contributed by atoms with Crippen molar-refractivity contribution in [3.8, 4) is 10.6 Å². The first-order chi connectivity index (χ1) is 11.7. The summed E-state index contributed by atoms with van der Waals surface area (Å²) < 4.78 is 33.8. The predicted octanol–water partition coefficient (Wildman–Crippen LogP) is 4.75. The second-order valence-corrected chi connectivity index (χ2v) is 9.15. The minimum absolute atomic E-state index is 0.265. The molecular formula is C18H20N2O3S2. The number of rotatable bonds is 4. The van der Waals surface area contributed by atoms with E-state index in [1.54, 1.807) is 19.1 Å². The van der Waals surface area contributed by atoms with Crippen LogP contribution in [0.2, 0.25) is 0 Å². The van der Waals surface area contributed by atoms with Gasteiger partial charge in [0.15, 0.2) is 5.76 Å². The van der Waals surface area contributed by atoms with Crippen molar-refractivity contribution in [2.45, 2.75) is 39.5 Å². The van der Waals surface area contributed by atoms with E-state index >= 15 is 0 Å². The Morgan fingerprint density at radius 2 is 1.64 bits per heavy atom.